The van der Waals surface area contributed by atoms with Gasteiger partial charge in [0.25, 0.3) is 0 Å². The Hall–Kier alpha value is -1.77. The summed E-state index contributed by atoms with van der Waals surface area (Å²) in [5.74, 6) is 1.63. The predicted octanol–water partition coefficient (Wildman–Crippen LogP) is 4.46. The van der Waals surface area contributed by atoms with Crippen molar-refractivity contribution in [1.82, 2.24) is 9.78 Å². The summed E-state index contributed by atoms with van der Waals surface area (Å²) in [6, 6.07) is 10.3. The molecular formula is C18H22N2O. The number of rotatable bonds is 4. The van der Waals surface area contributed by atoms with E-state index in [9.17, 15) is 0 Å². The van der Waals surface area contributed by atoms with Gasteiger partial charge in [-0.15, -0.1) is 0 Å². The maximum absolute atomic E-state index is 6.28. The van der Waals surface area contributed by atoms with Gasteiger partial charge in [0.2, 0.25) is 0 Å². The van der Waals surface area contributed by atoms with Gasteiger partial charge < -0.3 is 4.74 Å². The highest BCUT2D eigenvalue weighted by molar-refractivity contribution is 5.37. The summed E-state index contributed by atoms with van der Waals surface area (Å²) in [6.45, 7) is 0. The number of nitrogens with zero attached hydrogens (tertiary/aromatic N) is 2. The van der Waals surface area contributed by atoms with E-state index in [0.29, 0.717) is 12.0 Å². The van der Waals surface area contributed by atoms with Gasteiger partial charge in [-0.1, -0.05) is 24.6 Å². The van der Waals surface area contributed by atoms with Crippen LogP contribution in [0.3, 0.4) is 0 Å². The van der Waals surface area contributed by atoms with Crippen molar-refractivity contribution in [3.8, 4) is 11.4 Å². The molecule has 110 valence electrons. The zero-order valence-electron chi connectivity index (χ0n) is 12.4. The molecular weight excluding hydrogens is 260 g/mol. The topological polar surface area (TPSA) is 27.1 Å². The summed E-state index contributed by atoms with van der Waals surface area (Å²) in [7, 11) is 0. The smallest absolute Gasteiger partial charge is 0.161 e. The summed E-state index contributed by atoms with van der Waals surface area (Å²) in [5.41, 5.74) is 2.29. The third kappa shape index (κ3) is 2.57. The van der Waals surface area contributed by atoms with E-state index >= 15 is 0 Å². The Morgan fingerprint density at radius 2 is 1.71 bits per heavy atom. The summed E-state index contributed by atoms with van der Waals surface area (Å²) < 4.78 is 8.27. The molecule has 0 radical (unpaired) electrons. The lowest BCUT2D eigenvalue weighted by atomic mass is 9.83. The van der Waals surface area contributed by atoms with Crippen molar-refractivity contribution in [3.05, 3.63) is 42.2 Å². The zero-order chi connectivity index (χ0) is 14.1. The number of benzene rings is 1. The van der Waals surface area contributed by atoms with E-state index < -0.39 is 0 Å². The van der Waals surface area contributed by atoms with Crippen LogP contribution in [0.15, 0.2) is 36.5 Å². The number of ether oxygens (including phenoxy) is 1. The molecule has 2 aliphatic rings. The van der Waals surface area contributed by atoms with Crippen LogP contribution in [-0.4, -0.2) is 15.9 Å². The van der Waals surface area contributed by atoms with Gasteiger partial charge in [0, 0.05) is 5.92 Å². The van der Waals surface area contributed by atoms with Gasteiger partial charge in [-0.25, -0.2) is 4.68 Å². The van der Waals surface area contributed by atoms with E-state index in [1.807, 2.05) is 10.7 Å². The lowest BCUT2D eigenvalue weighted by Gasteiger charge is -2.25. The third-order valence-corrected chi connectivity index (χ3v) is 4.82. The monoisotopic (exact) mass is 282 g/mol. The van der Waals surface area contributed by atoms with Gasteiger partial charge in [-0.3, -0.25) is 0 Å². The molecule has 0 N–H and O–H groups in total. The molecule has 2 fully saturated rings. The van der Waals surface area contributed by atoms with E-state index in [2.05, 4.69) is 30.5 Å². The molecule has 0 saturated heterocycles. The molecule has 0 atom stereocenters. The van der Waals surface area contributed by atoms with Gasteiger partial charge in [0.05, 0.1) is 18.0 Å². The van der Waals surface area contributed by atoms with Crippen molar-refractivity contribution >= 4 is 0 Å². The minimum Gasteiger partial charge on any atom is -0.487 e. The van der Waals surface area contributed by atoms with Crippen LogP contribution in [0.25, 0.3) is 5.69 Å². The number of aromatic nitrogens is 2. The van der Waals surface area contributed by atoms with E-state index in [1.54, 1.807) is 0 Å². The van der Waals surface area contributed by atoms with Gasteiger partial charge in [0.15, 0.2) is 5.75 Å². The van der Waals surface area contributed by atoms with Crippen LogP contribution >= 0.6 is 0 Å². The first kappa shape index (κ1) is 12.9. The fourth-order valence-electron chi connectivity index (χ4n) is 3.33. The summed E-state index contributed by atoms with van der Waals surface area (Å²) in [5, 5.41) is 4.84. The van der Waals surface area contributed by atoms with Crippen LogP contribution in [0.4, 0.5) is 0 Å². The van der Waals surface area contributed by atoms with Crippen molar-refractivity contribution in [2.24, 2.45) is 0 Å². The van der Waals surface area contributed by atoms with Gasteiger partial charge in [-0.2, -0.15) is 5.10 Å². The van der Waals surface area contributed by atoms with Crippen LogP contribution in [0, 0.1) is 0 Å². The van der Waals surface area contributed by atoms with E-state index in [-0.39, 0.29) is 0 Å². The average molecular weight is 282 g/mol. The fourth-order valence-corrected chi connectivity index (χ4v) is 3.33. The highest BCUT2D eigenvalue weighted by Gasteiger charge is 2.28. The predicted molar refractivity (Wildman–Crippen MR) is 83.0 cm³/mol. The molecule has 4 rings (SSSR count). The molecule has 1 heterocycles. The first-order valence-corrected chi connectivity index (χ1v) is 8.22. The zero-order valence-corrected chi connectivity index (χ0v) is 12.4. The van der Waals surface area contributed by atoms with Gasteiger partial charge in [0.1, 0.15) is 5.69 Å². The lowest BCUT2D eigenvalue weighted by molar-refractivity contribution is 0.204. The molecule has 3 nitrogen and oxygen atoms in total. The molecule has 0 aliphatic heterocycles. The normalized spacial score (nSPS) is 19.6. The number of hydrogen-bond donors (Lipinski definition) is 0. The Bertz CT molecular complexity index is 595. The highest BCUT2D eigenvalue weighted by atomic mass is 16.5. The minimum absolute atomic E-state index is 0.400. The van der Waals surface area contributed by atoms with Crippen molar-refractivity contribution in [2.75, 3.05) is 0 Å². The molecule has 2 aliphatic carbocycles. The fraction of sp³-hybridized carbons (Fsp3) is 0.500. The molecule has 0 spiro atoms. The molecule has 3 heteroatoms. The van der Waals surface area contributed by atoms with Crippen LogP contribution in [0.1, 0.15) is 56.6 Å². The summed E-state index contributed by atoms with van der Waals surface area (Å²) >= 11 is 0. The second-order valence-electron chi connectivity index (χ2n) is 6.31. The molecule has 0 unspecified atom stereocenters. The first-order valence-electron chi connectivity index (χ1n) is 8.22. The van der Waals surface area contributed by atoms with E-state index in [4.69, 9.17) is 9.84 Å². The van der Waals surface area contributed by atoms with Crippen molar-refractivity contribution < 1.29 is 4.74 Å². The maximum atomic E-state index is 6.28. The molecule has 2 saturated carbocycles. The van der Waals surface area contributed by atoms with Crippen LogP contribution in [-0.2, 0) is 0 Å². The van der Waals surface area contributed by atoms with Gasteiger partial charge >= 0.3 is 0 Å². The summed E-state index contributed by atoms with van der Waals surface area (Å²) in [4.78, 5) is 0. The first-order chi connectivity index (χ1) is 10.4. The quantitative estimate of drug-likeness (QED) is 0.827. The van der Waals surface area contributed by atoms with E-state index in [0.717, 1.165) is 11.4 Å². The molecule has 0 bridgehead atoms. The van der Waals surface area contributed by atoms with Crippen LogP contribution in [0.5, 0.6) is 5.75 Å². The molecule has 1 aromatic carbocycles. The van der Waals surface area contributed by atoms with Crippen molar-refractivity contribution in [2.45, 2.75) is 57.0 Å². The van der Waals surface area contributed by atoms with Gasteiger partial charge in [-0.05, 0) is 50.7 Å². The highest BCUT2D eigenvalue weighted by Crippen LogP contribution is 2.41. The second kappa shape index (κ2) is 5.55. The SMILES string of the molecule is c1ccc(-n2cc(OC3CCCC3)c(C3CCC3)n2)cc1. The maximum Gasteiger partial charge on any atom is 0.161 e. The van der Waals surface area contributed by atoms with Crippen molar-refractivity contribution in [3.63, 3.8) is 0 Å². The molecule has 1 aromatic heterocycles. The Morgan fingerprint density at radius 1 is 0.952 bits per heavy atom. The molecule has 21 heavy (non-hydrogen) atoms. The van der Waals surface area contributed by atoms with Crippen LogP contribution < -0.4 is 4.74 Å². The number of para-hydroxylation sites is 1. The molecule has 0 amide bonds. The Labute approximate surface area is 125 Å². The number of hydrogen-bond acceptors (Lipinski definition) is 2. The van der Waals surface area contributed by atoms with Crippen molar-refractivity contribution in [1.29, 1.82) is 0 Å². The Kier molecular flexibility index (Phi) is 3.42. The largest absolute Gasteiger partial charge is 0.487 e. The minimum atomic E-state index is 0.400. The lowest BCUT2D eigenvalue weighted by Crippen LogP contribution is -2.15. The molecule has 2 aromatic rings. The van der Waals surface area contributed by atoms with Crippen LogP contribution in [0.2, 0.25) is 0 Å². The summed E-state index contributed by atoms with van der Waals surface area (Å²) in [6.07, 6.45) is 11.3. The Balaban J connectivity index is 1.64. The second-order valence-corrected chi connectivity index (χ2v) is 6.31. The average Bonchev–Trinajstić information content (AvgIpc) is 3.10. The Morgan fingerprint density at radius 3 is 2.38 bits per heavy atom. The standard InChI is InChI=1S/C18H22N2O/c1-2-9-15(10-3-1)20-13-17(21-16-11-4-5-12-16)18(19-20)14-7-6-8-14/h1-3,9-10,13-14,16H,4-8,11-12H2. The van der Waals surface area contributed by atoms with E-state index in [1.165, 1.54) is 50.6 Å². The third-order valence-electron chi connectivity index (χ3n) is 4.82.